The molecular formula is C18H20N4O4S2. The van der Waals surface area contributed by atoms with Gasteiger partial charge in [-0.2, -0.15) is 5.26 Å². The highest BCUT2D eigenvalue weighted by atomic mass is 32.2. The maximum atomic E-state index is 12.9. The summed E-state index contributed by atoms with van der Waals surface area (Å²) in [4.78, 5) is 4.39. The van der Waals surface area contributed by atoms with E-state index >= 15 is 0 Å². The van der Waals surface area contributed by atoms with Crippen LogP contribution in [0.2, 0.25) is 0 Å². The van der Waals surface area contributed by atoms with E-state index in [2.05, 4.69) is 9.71 Å². The number of aromatic nitrogens is 2. The van der Waals surface area contributed by atoms with Gasteiger partial charge in [0.25, 0.3) is 10.0 Å². The van der Waals surface area contributed by atoms with Crippen molar-refractivity contribution in [1.82, 2.24) is 9.55 Å². The Bertz CT molecular complexity index is 1040. The lowest BCUT2D eigenvalue weighted by Crippen LogP contribution is -2.17. The first-order chi connectivity index (χ1) is 13.5. The van der Waals surface area contributed by atoms with Crippen LogP contribution in [-0.4, -0.2) is 43.0 Å². The van der Waals surface area contributed by atoms with E-state index in [1.54, 1.807) is 23.6 Å². The average molecular weight is 421 g/mol. The molecular weight excluding hydrogens is 400 g/mol. The number of ether oxygens (including phenoxy) is 2. The Morgan fingerprint density at radius 1 is 1.50 bits per heavy atom. The molecule has 1 unspecified atom stereocenters. The van der Waals surface area contributed by atoms with Gasteiger partial charge in [-0.3, -0.25) is 4.72 Å². The molecule has 3 heterocycles. The standard InChI is InChI=1S/C18H20N4O4S2/c1-12-9-13(26-11-14-3-2-7-25-14)4-5-16(12)28(23,24)21-17-15(10-19)22-6-8-27-18(22)20-17/h4-5,9,14,21H,2-3,6-8,11H2,1H3. The van der Waals surface area contributed by atoms with Gasteiger partial charge < -0.3 is 14.0 Å². The van der Waals surface area contributed by atoms with Crippen molar-refractivity contribution in [1.29, 1.82) is 5.26 Å². The minimum atomic E-state index is -3.88. The van der Waals surface area contributed by atoms with Crippen LogP contribution in [-0.2, 0) is 21.3 Å². The number of nitriles is 1. The molecule has 0 spiro atoms. The summed E-state index contributed by atoms with van der Waals surface area (Å²) in [6, 6.07) is 6.87. The Hall–Kier alpha value is -2.22. The van der Waals surface area contributed by atoms with Crippen molar-refractivity contribution in [2.45, 2.75) is 42.5 Å². The number of rotatable bonds is 6. The van der Waals surface area contributed by atoms with Crippen LogP contribution >= 0.6 is 11.8 Å². The fourth-order valence-electron chi connectivity index (χ4n) is 3.32. The van der Waals surface area contributed by atoms with Crippen LogP contribution in [0.3, 0.4) is 0 Å². The minimum Gasteiger partial charge on any atom is -0.491 e. The molecule has 1 atom stereocenters. The third kappa shape index (κ3) is 3.70. The number of anilines is 1. The Morgan fingerprint density at radius 2 is 2.36 bits per heavy atom. The van der Waals surface area contributed by atoms with Crippen molar-refractivity contribution in [3.63, 3.8) is 0 Å². The third-order valence-corrected chi connectivity index (χ3v) is 7.17. The van der Waals surface area contributed by atoms with E-state index in [0.717, 1.165) is 25.2 Å². The number of sulfonamides is 1. The van der Waals surface area contributed by atoms with E-state index in [0.29, 0.717) is 29.6 Å². The molecule has 28 heavy (non-hydrogen) atoms. The summed E-state index contributed by atoms with van der Waals surface area (Å²) in [5.41, 5.74) is 0.787. The van der Waals surface area contributed by atoms with Crippen LogP contribution in [0.5, 0.6) is 5.75 Å². The van der Waals surface area contributed by atoms with Gasteiger partial charge in [-0.15, -0.1) is 0 Å². The van der Waals surface area contributed by atoms with Gasteiger partial charge in [0.05, 0.1) is 11.0 Å². The van der Waals surface area contributed by atoms with Crippen LogP contribution in [0, 0.1) is 18.3 Å². The molecule has 1 fully saturated rings. The zero-order valence-corrected chi connectivity index (χ0v) is 17.0. The minimum absolute atomic E-state index is 0.0720. The molecule has 148 valence electrons. The quantitative estimate of drug-likeness (QED) is 0.765. The van der Waals surface area contributed by atoms with Crippen LogP contribution in [0.1, 0.15) is 24.1 Å². The highest BCUT2D eigenvalue weighted by Gasteiger charge is 2.26. The number of hydrogen-bond donors (Lipinski definition) is 1. The largest absolute Gasteiger partial charge is 0.491 e. The molecule has 1 saturated heterocycles. The van der Waals surface area contributed by atoms with Gasteiger partial charge in [-0.25, -0.2) is 13.4 Å². The number of benzene rings is 1. The zero-order chi connectivity index (χ0) is 19.7. The molecule has 0 bridgehead atoms. The van der Waals surface area contributed by atoms with E-state index in [4.69, 9.17) is 9.47 Å². The molecule has 4 rings (SSSR count). The summed E-state index contributed by atoms with van der Waals surface area (Å²) in [5.74, 6) is 1.50. The maximum Gasteiger partial charge on any atom is 0.263 e. The van der Waals surface area contributed by atoms with Gasteiger partial charge in [-0.1, -0.05) is 11.8 Å². The summed E-state index contributed by atoms with van der Waals surface area (Å²) in [6.07, 6.45) is 2.11. The molecule has 2 aliphatic heterocycles. The molecule has 10 heteroatoms. The Balaban J connectivity index is 1.52. The van der Waals surface area contributed by atoms with E-state index in [1.807, 2.05) is 6.07 Å². The predicted octanol–water partition coefficient (Wildman–Crippen LogP) is 2.53. The average Bonchev–Trinajstić information content (AvgIpc) is 3.37. The normalized spacial score (nSPS) is 18.6. The molecule has 1 aromatic carbocycles. The second kappa shape index (κ2) is 7.66. The topological polar surface area (TPSA) is 106 Å². The Kier molecular flexibility index (Phi) is 5.23. The van der Waals surface area contributed by atoms with Crippen molar-refractivity contribution in [3.8, 4) is 11.8 Å². The van der Waals surface area contributed by atoms with E-state index < -0.39 is 10.0 Å². The summed E-state index contributed by atoms with van der Waals surface area (Å²) in [6.45, 7) is 3.57. The number of hydrogen-bond acceptors (Lipinski definition) is 7. The molecule has 8 nitrogen and oxygen atoms in total. The monoisotopic (exact) mass is 420 g/mol. The van der Waals surface area contributed by atoms with Crippen molar-refractivity contribution in [2.75, 3.05) is 23.7 Å². The van der Waals surface area contributed by atoms with Crippen LogP contribution in [0.25, 0.3) is 0 Å². The summed E-state index contributed by atoms with van der Waals surface area (Å²) < 4.78 is 41.2. The molecule has 0 amide bonds. The van der Waals surface area contributed by atoms with Gasteiger partial charge in [0, 0.05) is 18.9 Å². The number of fused-ring (bicyclic) bond motifs is 1. The fraction of sp³-hybridized carbons (Fsp3) is 0.444. The lowest BCUT2D eigenvalue weighted by molar-refractivity contribution is 0.0679. The Morgan fingerprint density at radius 3 is 3.07 bits per heavy atom. The molecule has 0 radical (unpaired) electrons. The van der Waals surface area contributed by atoms with Crippen molar-refractivity contribution >= 4 is 27.6 Å². The third-order valence-electron chi connectivity index (χ3n) is 4.71. The van der Waals surface area contributed by atoms with Gasteiger partial charge in [-0.05, 0) is 43.5 Å². The molecule has 1 aromatic heterocycles. The Labute approximate surface area is 167 Å². The van der Waals surface area contributed by atoms with E-state index in [-0.39, 0.29) is 22.5 Å². The van der Waals surface area contributed by atoms with E-state index in [9.17, 15) is 13.7 Å². The zero-order valence-electron chi connectivity index (χ0n) is 15.3. The SMILES string of the molecule is Cc1cc(OCC2CCCO2)ccc1S(=O)(=O)Nc1nc2n(c1C#N)CCS2. The number of nitrogens with one attached hydrogen (secondary N) is 1. The second-order valence-corrected chi connectivity index (χ2v) is 9.40. The van der Waals surface area contributed by atoms with Gasteiger partial charge >= 0.3 is 0 Å². The summed E-state index contributed by atoms with van der Waals surface area (Å²) in [5, 5.41) is 10.1. The first kappa shape index (κ1) is 19.1. The van der Waals surface area contributed by atoms with Crippen LogP contribution in [0.15, 0.2) is 28.3 Å². The van der Waals surface area contributed by atoms with Crippen LogP contribution < -0.4 is 9.46 Å². The molecule has 2 aromatic rings. The fourth-order valence-corrected chi connectivity index (χ4v) is 5.51. The second-order valence-electron chi connectivity index (χ2n) is 6.68. The molecule has 1 N–H and O–H groups in total. The van der Waals surface area contributed by atoms with Crippen molar-refractivity contribution < 1.29 is 17.9 Å². The summed E-state index contributed by atoms with van der Waals surface area (Å²) in [7, 11) is -3.88. The number of imidazole rings is 1. The molecule has 2 aliphatic rings. The van der Waals surface area contributed by atoms with Gasteiger partial charge in [0.1, 0.15) is 18.4 Å². The number of nitrogens with zero attached hydrogens (tertiary/aromatic N) is 3. The number of aryl methyl sites for hydroxylation is 1. The predicted molar refractivity (Wildman–Crippen MR) is 104 cm³/mol. The highest BCUT2D eigenvalue weighted by Crippen LogP contribution is 2.32. The van der Waals surface area contributed by atoms with Gasteiger partial charge in [0.2, 0.25) is 0 Å². The maximum absolute atomic E-state index is 12.9. The number of thioether (sulfide) groups is 1. The first-order valence-electron chi connectivity index (χ1n) is 8.99. The summed E-state index contributed by atoms with van der Waals surface area (Å²) >= 11 is 1.50. The molecule has 0 aliphatic carbocycles. The lowest BCUT2D eigenvalue weighted by Gasteiger charge is -2.14. The lowest BCUT2D eigenvalue weighted by atomic mass is 10.2. The van der Waals surface area contributed by atoms with Crippen LogP contribution in [0.4, 0.5) is 5.82 Å². The smallest absolute Gasteiger partial charge is 0.263 e. The first-order valence-corrected chi connectivity index (χ1v) is 11.5. The molecule has 0 saturated carbocycles. The van der Waals surface area contributed by atoms with Gasteiger partial charge in [0.15, 0.2) is 16.7 Å². The van der Waals surface area contributed by atoms with E-state index in [1.165, 1.54) is 17.8 Å². The highest BCUT2D eigenvalue weighted by molar-refractivity contribution is 7.99. The van der Waals surface area contributed by atoms with Crippen molar-refractivity contribution in [3.05, 3.63) is 29.5 Å². The van der Waals surface area contributed by atoms with Crippen molar-refractivity contribution in [2.24, 2.45) is 0 Å².